The number of piperazine rings is 1. The lowest BCUT2D eigenvalue weighted by Gasteiger charge is -2.27. The van der Waals surface area contributed by atoms with Crippen LogP contribution in [0.3, 0.4) is 0 Å². The van der Waals surface area contributed by atoms with Crippen LogP contribution in [-0.4, -0.2) is 77.0 Å². The number of hydrogen-bond donors (Lipinski definition) is 3. The summed E-state index contributed by atoms with van der Waals surface area (Å²) in [4.78, 5) is 23.4. The molecule has 1 unspecified atom stereocenters. The van der Waals surface area contributed by atoms with Gasteiger partial charge >= 0.3 is 0 Å². The number of nitrogens with zero attached hydrogens (tertiary/aromatic N) is 5. The van der Waals surface area contributed by atoms with Crippen molar-refractivity contribution in [2.45, 2.75) is 12.5 Å². The second kappa shape index (κ2) is 12.0. The molecule has 1 saturated heterocycles. The van der Waals surface area contributed by atoms with Gasteiger partial charge in [0.15, 0.2) is 17.5 Å². The molecule has 0 radical (unpaired) electrons. The number of carbonyl (C=O) groups is 1. The minimum Gasteiger partial charge on any atom is -0.493 e. The Bertz CT molecular complexity index is 1440. The summed E-state index contributed by atoms with van der Waals surface area (Å²) in [6, 6.07) is 8.41. The summed E-state index contributed by atoms with van der Waals surface area (Å²) in [7, 11) is 1.59. The third-order valence-corrected chi connectivity index (χ3v) is 6.57. The zero-order valence-corrected chi connectivity index (χ0v) is 21.6. The molecule has 1 fully saturated rings. The normalized spacial score (nSPS) is 14.7. The zero-order valence-electron chi connectivity index (χ0n) is 21.6. The third kappa shape index (κ3) is 6.24. The molecule has 2 aromatic heterocycles. The molecule has 1 aliphatic heterocycles. The van der Waals surface area contributed by atoms with Gasteiger partial charge in [0.05, 0.1) is 31.1 Å². The minimum atomic E-state index is -0.968. The van der Waals surface area contributed by atoms with Crippen molar-refractivity contribution >= 4 is 28.3 Å². The molecule has 12 heteroatoms. The van der Waals surface area contributed by atoms with Crippen LogP contribution in [0.4, 0.5) is 15.9 Å². The molecule has 1 atom stereocenters. The summed E-state index contributed by atoms with van der Waals surface area (Å²) in [5, 5.41) is 11.6. The van der Waals surface area contributed by atoms with Gasteiger partial charge in [0.1, 0.15) is 18.0 Å². The number of rotatable bonds is 11. The van der Waals surface area contributed by atoms with Crippen LogP contribution in [0.5, 0.6) is 11.5 Å². The van der Waals surface area contributed by atoms with E-state index in [0.717, 1.165) is 39.1 Å². The quantitative estimate of drug-likeness (QED) is 0.248. The van der Waals surface area contributed by atoms with Gasteiger partial charge in [-0.3, -0.25) is 9.48 Å². The highest BCUT2D eigenvalue weighted by atomic mass is 19.1. The number of methoxy groups -OCH3 is 1. The van der Waals surface area contributed by atoms with Crippen LogP contribution in [0.15, 0.2) is 55.1 Å². The predicted molar refractivity (Wildman–Crippen MR) is 145 cm³/mol. The number of amides is 1. The summed E-state index contributed by atoms with van der Waals surface area (Å²) < 4.78 is 26.8. The Hall–Kier alpha value is -4.29. The number of halogens is 1. The van der Waals surface area contributed by atoms with Gasteiger partial charge in [0.25, 0.3) is 0 Å². The molecular formula is C27H31FN8O3. The lowest BCUT2D eigenvalue weighted by atomic mass is 10.1. The van der Waals surface area contributed by atoms with E-state index in [1.807, 2.05) is 12.1 Å². The summed E-state index contributed by atoms with van der Waals surface area (Å²) in [6.45, 7) is 5.70. The van der Waals surface area contributed by atoms with E-state index in [9.17, 15) is 9.18 Å². The van der Waals surface area contributed by atoms with Crippen LogP contribution < -0.4 is 25.8 Å². The highest BCUT2D eigenvalue weighted by molar-refractivity contribution is 5.93. The molecule has 11 nitrogen and oxygen atoms in total. The Kier molecular flexibility index (Phi) is 8.13. The van der Waals surface area contributed by atoms with Gasteiger partial charge in [0.2, 0.25) is 5.91 Å². The fraction of sp³-hybridized carbons (Fsp3) is 0.333. The van der Waals surface area contributed by atoms with Crippen molar-refractivity contribution in [3.8, 4) is 11.5 Å². The number of nitrogens with two attached hydrogens (primary N) is 1. The van der Waals surface area contributed by atoms with Gasteiger partial charge in [-0.15, -0.1) is 0 Å². The van der Waals surface area contributed by atoms with Crippen LogP contribution >= 0.6 is 0 Å². The number of aromatic nitrogens is 4. The van der Waals surface area contributed by atoms with Crippen molar-refractivity contribution < 1.29 is 18.7 Å². The Morgan fingerprint density at radius 1 is 1.21 bits per heavy atom. The van der Waals surface area contributed by atoms with Crippen LogP contribution in [-0.2, 0) is 4.79 Å². The number of primary amides is 1. The molecule has 3 heterocycles. The minimum absolute atomic E-state index is 0.398. The number of fused-ring (bicyclic) bond motifs is 1. The fourth-order valence-corrected chi connectivity index (χ4v) is 4.65. The van der Waals surface area contributed by atoms with Crippen LogP contribution in [0, 0.1) is 5.82 Å². The van der Waals surface area contributed by atoms with E-state index in [2.05, 4.69) is 30.6 Å². The van der Waals surface area contributed by atoms with Gasteiger partial charge in [0, 0.05) is 50.4 Å². The maximum Gasteiger partial charge on any atom is 0.246 e. The SMILES string of the molecule is COc1cc2c(Nc3cnn(C(C(N)=O)c4cccc(F)c4)c3)ncnc2cc1OCCCN1CCNCC1. The fourth-order valence-electron chi connectivity index (χ4n) is 4.65. The maximum absolute atomic E-state index is 13.8. The number of benzene rings is 2. The predicted octanol–water partition coefficient (Wildman–Crippen LogP) is 2.47. The van der Waals surface area contributed by atoms with E-state index in [1.54, 1.807) is 19.4 Å². The maximum atomic E-state index is 13.8. The Balaban J connectivity index is 1.32. The summed E-state index contributed by atoms with van der Waals surface area (Å²) in [5.74, 6) is 0.575. The number of hydrogen-bond acceptors (Lipinski definition) is 9. The van der Waals surface area contributed by atoms with E-state index >= 15 is 0 Å². The Morgan fingerprint density at radius 2 is 2.05 bits per heavy atom. The van der Waals surface area contributed by atoms with Gasteiger partial charge in [-0.05, 0) is 30.2 Å². The summed E-state index contributed by atoms with van der Waals surface area (Å²) >= 11 is 0. The lowest BCUT2D eigenvalue weighted by Crippen LogP contribution is -2.43. The summed E-state index contributed by atoms with van der Waals surface area (Å²) in [6.07, 6.45) is 5.51. The molecule has 5 rings (SSSR count). The Morgan fingerprint density at radius 3 is 2.82 bits per heavy atom. The van der Waals surface area contributed by atoms with E-state index < -0.39 is 17.8 Å². The first-order chi connectivity index (χ1) is 19.0. The molecule has 0 spiro atoms. The van der Waals surface area contributed by atoms with E-state index in [4.69, 9.17) is 15.2 Å². The molecule has 4 N–H and O–H groups in total. The van der Waals surface area contributed by atoms with Gasteiger partial charge < -0.3 is 30.7 Å². The summed E-state index contributed by atoms with van der Waals surface area (Å²) in [5.41, 5.74) is 7.25. The average Bonchev–Trinajstić information content (AvgIpc) is 3.39. The highest BCUT2D eigenvalue weighted by Gasteiger charge is 2.22. The molecule has 39 heavy (non-hydrogen) atoms. The number of anilines is 2. The van der Waals surface area contributed by atoms with Gasteiger partial charge in [-0.1, -0.05) is 12.1 Å². The highest BCUT2D eigenvalue weighted by Crippen LogP contribution is 2.35. The molecule has 0 aliphatic carbocycles. The first-order valence-corrected chi connectivity index (χ1v) is 12.8. The lowest BCUT2D eigenvalue weighted by molar-refractivity contribution is -0.120. The van der Waals surface area contributed by atoms with Crippen LogP contribution in [0.2, 0.25) is 0 Å². The van der Waals surface area contributed by atoms with Crippen molar-refractivity contribution in [2.24, 2.45) is 5.73 Å². The first kappa shape index (κ1) is 26.3. The second-order valence-electron chi connectivity index (χ2n) is 9.23. The van der Waals surface area contributed by atoms with Crippen molar-refractivity contribution in [1.82, 2.24) is 30.0 Å². The molecular weight excluding hydrogens is 503 g/mol. The van der Waals surface area contributed by atoms with Crippen LogP contribution in [0.1, 0.15) is 18.0 Å². The van der Waals surface area contributed by atoms with Crippen molar-refractivity contribution in [1.29, 1.82) is 0 Å². The number of nitrogens with one attached hydrogen (secondary N) is 2. The van der Waals surface area contributed by atoms with Crippen molar-refractivity contribution in [3.63, 3.8) is 0 Å². The topological polar surface area (TPSA) is 132 Å². The van der Waals surface area contributed by atoms with Gasteiger partial charge in [-0.2, -0.15) is 5.10 Å². The van der Waals surface area contributed by atoms with E-state index in [-0.39, 0.29) is 0 Å². The van der Waals surface area contributed by atoms with Crippen LogP contribution in [0.25, 0.3) is 10.9 Å². The third-order valence-electron chi connectivity index (χ3n) is 6.57. The van der Waals surface area contributed by atoms with E-state index in [1.165, 1.54) is 35.4 Å². The second-order valence-corrected chi connectivity index (χ2v) is 9.23. The first-order valence-electron chi connectivity index (χ1n) is 12.8. The number of ether oxygens (including phenoxy) is 2. The molecule has 2 aromatic carbocycles. The molecule has 1 amide bonds. The van der Waals surface area contributed by atoms with Gasteiger partial charge in [-0.25, -0.2) is 14.4 Å². The molecule has 4 aromatic rings. The standard InChI is InChI=1S/C27H31FN8O3/c1-38-23-13-21-22(14-24(23)39-11-3-8-35-9-6-30-7-10-35)31-17-32-27(21)34-20-15-33-36(16-20)25(26(29)37)18-4-2-5-19(28)12-18/h2,4-5,12-17,25,30H,3,6-11H2,1H3,(H2,29,37)(H,31,32,34). The molecule has 0 saturated carbocycles. The number of carbonyl (C=O) groups excluding carboxylic acids is 1. The molecule has 204 valence electrons. The molecule has 1 aliphatic rings. The van der Waals surface area contributed by atoms with E-state index in [0.29, 0.717) is 46.1 Å². The average molecular weight is 535 g/mol. The Labute approximate surface area is 225 Å². The smallest absolute Gasteiger partial charge is 0.246 e. The molecule has 0 bridgehead atoms. The van der Waals surface area contributed by atoms with Crippen molar-refractivity contribution in [3.05, 3.63) is 66.5 Å². The largest absolute Gasteiger partial charge is 0.493 e. The zero-order chi connectivity index (χ0) is 27.2. The van der Waals surface area contributed by atoms with Crippen molar-refractivity contribution in [2.75, 3.05) is 51.8 Å². The monoisotopic (exact) mass is 534 g/mol.